The molecule has 4 heterocycles. The molecule has 0 aromatic carbocycles. The number of likely N-dealkylation sites (tertiary alicyclic amines) is 1. The summed E-state index contributed by atoms with van der Waals surface area (Å²) >= 11 is 1.41. The topological polar surface area (TPSA) is 88.2 Å². The molecular weight excluding hydrogens is 388 g/mol. The molecule has 4 rings (SSSR count). The summed E-state index contributed by atoms with van der Waals surface area (Å²) in [6.07, 6.45) is 3.10. The molecule has 1 unspecified atom stereocenters. The number of thiophene rings is 1. The van der Waals surface area contributed by atoms with Gasteiger partial charge in [0.15, 0.2) is 5.82 Å². The minimum absolute atomic E-state index is 0.145. The Labute approximate surface area is 172 Å². The second-order valence-electron chi connectivity index (χ2n) is 8.35. The number of carbonyl (C=O) groups is 1. The van der Waals surface area contributed by atoms with E-state index in [2.05, 4.69) is 9.97 Å². The lowest BCUT2D eigenvalue weighted by Crippen LogP contribution is -2.35. The maximum absolute atomic E-state index is 12.5. The quantitative estimate of drug-likeness (QED) is 0.706. The maximum Gasteiger partial charge on any atom is 0.410 e. The number of aromatic nitrogens is 3. The van der Waals surface area contributed by atoms with Crippen LogP contribution >= 0.6 is 11.3 Å². The van der Waals surface area contributed by atoms with Crippen LogP contribution in [-0.2, 0) is 11.2 Å². The van der Waals surface area contributed by atoms with Crippen LogP contribution in [0.4, 0.5) is 4.79 Å². The number of carbonyl (C=O) groups excluding carboxylic acids is 1. The molecule has 152 valence electrons. The molecule has 7 nitrogen and oxygen atoms in total. The third-order valence-electron chi connectivity index (χ3n) is 4.85. The highest BCUT2D eigenvalue weighted by atomic mass is 32.1. The molecule has 1 saturated heterocycles. The Morgan fingerprint density at radius 1 is 1.38 bits per heavy atom. The molecule has 0 saturated carbocycles. The van der Waals surface area contributed by atoms with Crippen LogP contribution in [0.15, 0.2) is 34.6 Å². The molecule has 0 bridgehead atoms. The number of aromatic amines is 1. The van der Waals surface area contributed by atoms with Crippen molar-refractivity contribution in [3.8, 4) is 11.5 Å². The normalized spacial score (nSPS) is 17.1. The summed E-state index contributed by atoms with van der Waals surface area (Å²) in [4.78, 5) is 38.4. The molecule has 1 N–H and O–H groups in total. The fourth-order valence-electron chi connectivity index (χ4n) is 3.55. The van der Waals surface area contributed by atoms with Crippen molar-refractivity contribution in [2.45, 2.75) is 39.2 Å². The highest BCUT2D eigenvalue weighted by molar-refractivity contribution is 7.17. The van der Waals surface area contributed by atoms with Crippen molar-refractivity contribution in [1.29, 1.82) is 0 Å². The van der Waals surface area contributed by atoms with Gasteiger partial charge >= 0.3 is 6.09 Å². The number of amides is 1. The van der Waals surface area contributed by atoms with E-state index in [4.69, 9.17) is 9.72 Å². The van der Waals surface area contributed by atoms with Gasteiger partial charge in [-0.3, -0.25) is 9.78 Å². The molecule has 1 amide bonds. The first kappa shape index (κ1) is 19.6. The van der Waals surface area contributed by atoms with E-state index in [1.54, 1.807) is 11.1 Å². The summed E-state index contributed by atoms with van der Waals surface area (Å²) in [6.45, 7) is 6.96. The predicted molar refractivity (Wildman–Crippen MR) is 113 cm³/mol. The Hall–Kier alpha value is -2.74. The minimum Gasteiger partial charge on any atom is -0.444 e. The predicted octanol–water partition coefficient (Wildman–Crippen LogP) is 3.85. The first-order chi connectivity index (χ1) is 13.8. The lowest BCUT2D eigenvalue weighted by Gasteiger charge is -2.24. The van der Waals surface area contributed by atoms with Gasteiger partial charge in [0.25, 0.3) is 5.56 Å². The lowest BCUT2D eigenvalue weighted by atomic mass is 10.00. The number of ether oxygens (including phenoxy) is 1. The van der Waals surface area contributed by atoms with Gasteiger partial charge < -0.3 is 14.6 Å². The molecule has 1 atom stereocenters. The van der Waals surface area contributed by atoms with Crippen LogP contribution < -0.4 is 5.56 Å². The van der Waals surface area contributed by atoms with Gasteiger partial charge in [-0.2, -0.15) is 0 Å². The highest BCUT2D eigenvalue weighted by Crippen LogP contribution is 2.29. The fraction of sp³-hybridized carbons (Fsp3) is 0.429. The van der Waals surface area contributed by atoms with Gasteiger partial charge in [0.2, 0.25) is 0 Å². The Kier molecular flexibility index (Phi) is 5.12. The molecule has 0 radical (unpaired) electrons. The average molecular weight is 413 g/mol. The smallest absolute Gasteiger partial charge is 0.410 e. The van der Waals surface area contributed by atoms with Crippen LogP contribution in [0.2, 0.25) is 0 Å². The monoisotopic (exact) mass is 412 g/mol. The van der Waals surface area contributed by atoms with Crippen molar-refractivity contribution in [2.24, 2.45) is 5.92 Å². The van der Waals surface area contributed by atoms with Crippen molar-refractivity contribution >= 4 is 27.6 Å². The van der Waals surface area contributed by atoms with Crippen molar-refractivity contribution in [2.75, 3.05) is 13.1 Å². The van der Waals surface area contributed by atoms with Crippen molar-refractivity contribution in [3.05, 3.63) is 45.7 Å². The van der Waals surface area contributed by atoms with Crippen LogP contribution in [0.1, 0.15) is 32.8 Å². The van der Waals surface area contributed by atoms with E-state index in [0.717, 1.165) is 23.9 Å². The van der Waals surface area contributed by atoms with E-state index in [0.29, 0.717) is 35.2 Å². The SMILES string of the molecule is CC(C)(C)OC(=O)N1CCC(Cc2csc3c(=O)[nH]c(-c4ccccn4)nc23)C1. The zero-order valence-electron chi connectivity index (χ0n) is 16.8. The number of pyridine rings is 1. The standard InChI is InChI=1S/C21H24N4O3S/c1-21(2,3)28-20(27)25-9-7-13(11-25)10-14-12-29-17-16(14)23-18(24-19(17)26)15-6-4-5-8-22-15/h4-6,8,12-13H,7,9-11H2,1-3H3,(H,23,24,26). The summed E-state index contributed by atoms with van der Waals surface area (Å²) in [7, 11) is 0. The number of rotatable bonds is 3. The first-order valence-corrected chi connectivity index (χ1v) is 10.6. The van der Waals surface area contributed by atoms with E-state index in [-0.39, 0.29) is 11.7 Å². The third kappa shape index (κ3) is 4.32. The summed E-state index contributed by atoms with van der Waals surface area (Å²) in [5, 5.41) is 2.01. The third-order valence-corrected chi connectivity index (χ3v) is 5.87. The fourth-order valence-corrected chi connectivity index (χ4v) is 4.46. The van der Waals surface area contributed by atoms with Gasteiger partial charge in [0.05, 0.1) is 5.52 Å². The molecule has 1 aliphatic rings. The summed E-state index contributed by atoms with van der Waals surface area (Å²) < 4.78 is 6.11. The van der Waals surface area contributed by atoms with Crippen LogP contribution in [0, 0.1) is 5.92 Å². The van der Waals surface area contributed by atoms with E-state index in [9.17, 15) is 9.59 Å². The highest BCUT2D eigenvalue weighted by Gasteiger charge is 2.30. The molecule has 0 spiro atoms. The Balaban J connectivity index is 1.54. The number of hydrogen-bond donors (Lipinski definition) is 1. The van der Waals surface area contributed by atoms with Crippen LogP contribution in [0.5, 0.6) is 0 Å². The number of fused-ring (bicyclic) bond motifs is 1. The minimum atomic E-state index is -0.494. The van der Waals surface area contributed by atoms with Crippen molar-refractivity contribution in [3.63, 3.8) is 0 Å². The van der Waals surface area contributed by atoms with Gasteiger partial charge in [-0.25, -0.2) is 9.78 Å². The van der Waals surface area contributed by atoms with E-state index < -0.39 is 5.60 Å². The van der Waals surface area contributed by atoms with Gasteiger partial charge in [-0.05, 0) is 62.6 Å². The lowest BCUT2D eigenvalue weighted by molar-refractivity contribution is 0.0288. The van der Waals surface area contributed by atoms with Crippen LogP contribution in [0.25, 0.3) is 21.7 Å². The molecule has 3 aromatic rings. The number of H-pyrrole nitrogens is 1. The Morgan fingerprint density at radius 2 is 2.21 bits per heavy atom. The molecule has 1 fully saturated rings. The summed E-state index contributed by atoms with van der Waals surface area (Å²) in [5.41, 5.74) is 1.78. The summed E-state index contributed by atoms with van der Waals surface area (Å²) in [6, 6.07) is 5.52. The molecule has 1 aliphatic heterocycles. The van der Waals surface area contributed by atoms with Crippen molar-refractivity contribution in [1.82, 2.24) is 19.9 Å². The van der Waals surface area contributed by atoms with Crippen molar-refractivity contribution < 1.29 is 9.53 Å². The second kappa shape index (κ2) is 7.59. The number of nitrogens with zero attached hydrogens (tertiary/aromatic N) is 3. The van der Waals surface area contributed by atoms with Gasteiger partial charge in [0.1, 0.15) is 16.0 Å². The van der Waals surface area contributed by atoms with Crippen LogP contribution in [-0.4, -0.2) is 44.6 Å². The molecule has 0 aliphatic carbocycles. The number of hydrogen-bond acceptors (Lipinski definition) is 6. The zero-order valence-corrected chi connectivity index (χ0v) is 17.6. The average Bonchev–Trinajstić information content (AvgIpc) is 3.29. The van der Waals surface area contributed by atoms with Gasteiger partial charge in [-0.1, -0.05) is 6.07 Å². The van der Waals surface area contributed by atoms with Gasteiger partial charge in [-0.15, -0.1) is 11.3 Å². The van der Waals surface area contributed by atoms with E-state index in [1.165, 1.54) is 11.3 Å². The number of nitrogens with one attached hydrogen (secondary N) is 1. The Bertz CT molecular complexity index is 1080. The molecular formula is C21H24N4O3S. The summed E-state index contributed by atoms with van der Waals surface area (Å²) in [5.74, 6) is 0.796. The molecule has 29 heavy (non-hydrogen) atoms. The maximum atomic E-state index is 12.5. The van der Waals surface area contributed by atoms with E-state index >= 15 is 0 Å². The van der Waals surface area contributed by atoms with E-state index in [1.807, 2.05) is 44.4 Å². The van der Waals surface area contributed by atoms with Gasteiger partial charge in [0, 0.05) is 19.3 Å². The Morgan fingerprint density at radius 3 is 2.93 bits per heavy atom. The molecule has 3 aromatic heterocycles. The largest absolute Gasteiger partial charge is 0.444 e. The molecule has 8 heteroatoms. The zero-order chi connectivity index (χ0) is 20.6. The second-order valence-corrected chi connectivity index (χ2v) is 9.23. The van der Waals surface area contributed by atoms with Crippen LogP contribution in [0.3, 0.4) is 0 Å². The first-order valence-electron chi connectivity index (χ1n) is 9.70.